The summed E-state index contributed by atoms with van der Waals surface area (Å²) < 4.78 is 10.5. The second-order valence-electron chi connectivity index (χ2n) is 7.37. The smallest absolute Gasteiger partial charge is 0.325 e. The average molecular weight is 455 g/mol. The first-order valence-corrected chi connectivity index (χ1v) is 11.0. The van der Waals surface area contributed by atoms with Crippen LogP contribution in [0.25, 0.3) is 0 Å². The zero-order valence-electron chi connectivity index (χ0n) is 19.0. The standard InChI is InChI=1S/C25H30N2O6/c1-3-5-15-32-21-13-9-19(10-14-21)25(31)26-16-24(30)33-17-22(28)18-7-11-20(12-8-18)27-23(29)6-4-2/h7-14H,3-6,15-17H2,1-2H3,(H,26,31)(H,27,29). The minimum Gasteiger partial charge on any atom is -0.494 e. The van der Waals surface area contributed by atoms with E-state index in [-0.39, 0.29) is 18.2 Å². The fourth-order valence-electron chi connectivity index (χ4n) is 2.76. The number of carbonyl (C=O) groups excluding carboxylic acids is 4. The Labute approximate surface area is 193 Å². The molecule has 0 aliphatic rings. The maximum Gasteiger partial charge on any atom is 0.325 e. The zero-order chi connectivity index (χ0) is 24.1. The molecular weight excluding hydrogens is 424 g/mol. The van der Waals surface area contributed by atoms with Crippen LogP contribution >= 0.6 is 0 Å². The monoisotopic (exact) mass is 454 g/mol. The lowest BCUT2D eigenvalue weighted by Crippen LogP contribution is -2.31. The van der Waals surface area contributed by atoms with Gasteiger partial charge >= 0.3 is 5.97 Å². The van der Waals surface area contributed by atoms with Gasteiger partial charge in [-0.2, -0.15) is 0 Å². The molecule has 2 aromatic rings. The number of nitrogens with one attached hydrogen (secondary N) is 2. The summed E-state index contributed by atoms with van der Waals surface area (Å²) in [5, 5.41) is 5.20. The van der Waals surface area contributed by atoms with Gasteiger partial charge < -0.3 is 20.1 Å². The number of ketones is 1. The molecule has 0 bridgehead atoms. The Kier molecular flexibility index (Phi) is 10.6. The molecular formula is C25H30N2O6. The summed E-state index contributed by atoms with van der Waals surface area (Å²) in [7, 11) is 0. The lowest BCUT2D eigenvalue weighted by Gasteiger charge is -2.08. The van der Waals surface area contributed by atoms with Crippen LogP contribution < -0.4 is 15.4 Å². The average Bonchev–Trinajstić information content (AvgIpc) is 2.82. The molecule has 0 spiro atoms. The maximum atomic E-state index is 12.2. The molecule has 0 saturated carbocycles. The van der Waals surface area contributed by atoms with Crippen LogP contribution in [-0.2, 0) is 14.3 Å². The van der Waals surface area contributed by atoms with Gasteiger partial charge in [-0.1, -0.05) is 20.3 Å². The van der Waals surface area contributed by atoms with E-state index in [0.717, 1.165) is 19.3 Å². The van der Waals surface area contributed by atoms with Gasteiger partial charge in [-0.15, -0.1) is 0 Å². The summed E-state index contributed by atoms with van der Waals surface area (Å²) >= 11 is 0. The van der Waals surface area contributed by atoms with Crippen molar-refractivity contribution in [1.82, 2.24) is 5.32 Å². The predicted octanol–water partition coefficient (Wildman–Crippen LogP) is 3.76. The minimum atomic E-state index is -0.723. The molecule has 2 aromatic carbocycles. The van der Waals surface area contributed by atoms with Crippen LogP contribution in [0, 0.1) is 0 Å². The highest BCUT2D eigenvalue weighted by Crippen LogP contribution is 2.13. The molecule has 0 aromatic heterocycles. The number of anilines is 1. The lowest BCUT2D eigenvalue weighted by atomic mass is 10.1. The number of amides is 2. The fraction of sp³-hybridized carbons (Fsp3) is 0.360. The van der Waals surface area contributed by atoms with E-state index in [0.29, 0.717) is 35.6 Å². The van der Waals surface area contributed by atoms with Gasteiger partial charge in [0, 0.05) is 23.2 Å². The number of benzene rings is 2. The second-order valence-corrected chi connectivity index (χ2v) is 7.37. The van der Waals surface area contributed by atoms with Crippen LogP contribution in [0.4, 0.5) is 5.69 Å². The molecule has 0 unspecified atom stereocenters. The number of hydrogen-bond acceptors (Lipinski definition) is 6. The van der Waals surface area contributed by atoms with Crippen LogP contribution in [0.3, 0.4) is 0 Å². The second kappa shape index (κ2) is 13.7. The molecule has 0 aliphatic carbocycles. The van der Waals surface area contributed by atoms with Crippen molar-refractivity contribution in [3.05, 3.63) is 59.7 Å². The van der Waals surface area contributed by atoms with Gasteiger partial charge in [0.05, 0.1) is 6.61 Å². The Morgan fingerprint density at radius 1 is 0.848 bits per heavy atom. The molecule has 0 aliphatic heterocycles. The zero-order valence-corrected chi connectivity index (χ0v) is 19.0. The Morgan fingerprint density at radius 3 is 2.15 bits per heavy atom. The quantitative estimate of drug-likeness (QED) is 0.271. The normalized spacial score (nSPS) is 10.2. The molecule has 176 valence electrons. The van der Waals surface area contributed by atoms with E-state index in [1.54, 1.807) is 48.5 Å². The first kappa shape index (κ1) is 25.6. The third kappa shape index (κ3) is 9.14. The van der Waals surface area contributed by atoms with Gasteiger partial charge in [-0.05, 0) is 61.4 Å². The summed E-state index contributed by atoms with van der Waals surface area (Å²) in [5.74, 6) is -0.961. The molecule has 0 fully saturated rings. The predicted molar refractivity (Wildman–Crippen MR) is 124 cm³/mol. The van der Waals surface area contributed by atoms with Gasteiger partial charge in [0.15, 0.2) is 12.4 Å². The van der Waals surface area contributed by atoms with E-state index < -0.39 is 18.5 Å². The van der Waals surface area contributed by atoms with E-state index in [1.807, 2.05) is 6.92 Å². The number of hydrogen-bond donors (Lipinski definition) is 2. The summed E-state index contributed by atoms with van der Waals surface area (Å²) in [4.78, 5) is 47.9. The number of esters is 1. The summed E-state index contributed by atoms with van der Waals surface area (Å²) in [6, 6.07) is 12.9. The van der Waals surface area contributed by atoms with Crippen molar-refractivity contribution in [2.75, 3.05) is 25.1 Å². The van der Waals surface area contributed by atoms with E-state index >= 15 is 0 Å². The summed E-state index contributed by atoms with van der Waals surface area (Å²) in [5.41, 5.74) is 1.32. The highest BCUT2D eigenvalue weighted by atomic mass is 16.5. The molecule has 2 N–H and O–H groups in total. The van der Waals surface area contributed by atoms with Crippen molar-refractivity contribution in [2.24, 2.45) is 0 Å². The number of carbonyl (C=O) groups is 4. The molecule has 2 rings (SSSR count). The molecule has 33 heavy (non-hydrogen) atoms. The SMILES string of the molecule is CCCCOc1ccc(C(=O)NCC(=O)OCC(=O)c2ccc(NC(=O)CCC)cc2)cc1. The van der Waals surface area contributed by atoms with E-state index in [2.05, 4.69) is 17.6 Å². The van der Waals surface area contributed by atoms with Crippen LogP contribution in [-0.4, -0.2) is 43.3 Å². The van der Waals surface area contributed by atoms with Crippen molar-refractivity contribution in [2.45, 2.75) is 39.5 Å². The van der Waals surface area contributed by atoms with Crippen molar-refractivity contribution in [3.63, 3.8) is 0 Å². The Bertz CT molecular complexity index is 938. The Hall–Kier alpha value is -3.68. The van der Waals surface area contributed by atoms with Crippen LogP contribution in [0.15, 0.2) is 48.5 Å². The minimum absolute atomic E-state index is 0.0937. The number of rotatable bonds is 13. The highest BCUT2D eigenvalue weighted by molar-refractivity contribution is 5.99. The molecule has 8 heteroatoms. The number of ether oxygens (including phenoxy) is 2. The number of unbranched alkanes of at least 4 members (excludes halogenated alkanes) is 1. The van der Waals surface area contributed by atoms with Gasteiger partial charge in [0.25, 0.3) is 5.91 Å². The highest BCUT2D eigenvalue weighted by Gasteiger charge is 2.13. The Balaban J connectivity index is 1.73. The van der Waals surface area contributed by atoms with Crippen molar-refractivity contribution >= 4 is 29.3 Å². The van der Waals surface area contributed by atoms with Gasteiger partial charge in [-0.25, -0.2) is 0 Å². The largest absolute Gasteiger partial charge is 0.494 e. The van der Waals surface area contributed by atoms with Crippen molar-refractivity contribution in [1.29, 1.82) is 0 Å². The van der Waals surface area contributed by atoms with Crippen LogP contribution in [0.1, 0.15) is 60.2 Å². The summed E-state index contributed by atoms with van der Waals surface area (Å²) in [6.45, 7) is 3.80. The molecule has 0 radical (unpaired) electrons. The van der Waals surface area contributed by atoms with Gasteiger partial charge in [0.2, 0.25) is 5.91 Å². The van der Waals surface area contributed by atoms with E-state index in [4.69, 9.17) is 9.47 Å². The van der Waals surface area contributed by atoms with E-state index in [1.165, 1.54) is 0 Å². The molecule has 0 atom stereocenters. The van der Waals surface area contributed by atoms with Crippen molar-refractivity contribution in [3.8, 4) is 5.75 Å². The topological polar surface area (TPSA) is 111 Å². The maximum absolute atomic E-state index is 12.2. The number of Topliss-reactive ketones (excluding diaryl/α,β-unsaturated/α-hetero) is 1. The first-order valence-electron chi connectivity index (χ1n) is 11.0. The lowest BCUT2D eigenvalue weighted by molar-refractivity contribution is -0.141. The third-order valence-electron chi connectivity index (χ3n) is 4.61. The molecule has 0 saturated heterocycles. The first-order chi connectivity index (χ1) is 15.9. The fourth-order valence-corrected chi connectivity index (χ4v) is 2.76. The summed E-state index contributed by atoms with van der Waals surface area (Å²) in [6.07, 6.45) is 3.16. The molecule has 2 amide bonds. The van der Waals surface area contributed by atoms with Crippen LogP contribution in [0.2, 0.25) is 0 Å². The van der Waals surface area contributed by atoms with Crippen LogP contribution in [0.5, 0.6) is 5.75 Å². The molecule has 0 heterocycles. The van der Waals surface area contributed by atoms with E-state index in [9.17, 15) is 19.2 Å². The van der Waals surface area contributed by atoms with Gasteiger partial charge in [-0.3, -0.25) is 19.2 Å². The Morgan fingerprint density at radius 2 is 1.52 bits per heavy atom. The van der Waals surface area contributed by atoms with Crippen molar-refractivity contribution < 1.29 is 28.7 Å². The third-order valence-corrected chi connectivity index (χ3v) is 4.61. The molecule has 8 nitrogen and oxygen atoms in total. The van der Waals surface area contributed by atoms with Gasteiger partial charge in [0.1, 0.15) is 12.3 Å².